The highest BCUT2D eigenvalue weighted by Gasteiger charge is 2.16. The van der Waals surface area contributed by atoms with Gasteiger partial charge in [-0.2, -0.15) is 0 Å². The summed E-state index contributed by atoms with van der Waals surface area (Å²) < 4.78 is 0. The molecule has 0 amide bonds. The van der Waals surface area contributed by atoms with Crippen LogP contribution in [0.15, 0.2) is 133 Å². The first-order chi connectivity index (χ1) is 16.7. The van der Waals surface area contributed by atoms with E-state index in [0.717, 1.165) is 39.3 Å². The fourth-order valence-electron chi connectivity index (χ4n) is 4.18. The van der Waals surface area contributed by atoms with Gasteiger partial charge in [-0.15, -0.1) is 0 Å². The molecule has 0 aromatic heterocycles. The fourth-order valence-corrected chi connectivity index (χ4v) is 4.18. The van der Waals surface area contributed by atoms with E-state index in [0.29, 0.717) is 5.46 Å². The number of para-hydroxylation sites is 2. The molecule has 2 N–H and O–H groups in total. The van der Waals surface area contributed by atoms with Crippen LogP contribution in [-0.4, -0.2) is 17.2 Å². The average molecular weight is 441 g/mol. The maximum absolute atomic E-state index is 9.72. The van der Waals surface area contributed by atoms with Crippen molar-refractivity contribution < 1.29 is 10.0 Å². The third-order valence-corrected chi connectivity index (χ3v) is 5.83. The Morgan fingerprint density at radius 2 is 0.912 bits per heavy atom. The molecule has 4 heteroatoms. The van der Waals surface area contributed by atoms with Gasteiger partial charge >= 0.3 is 7.12 Å². The zero-order valence-corrected chi connectivity index (χ0v) is 18.6. The van der Waals surface area contributed by atoms with Crippen LogP contribution < -0.4 is 10.4 Å². The van der Waals surface area contributed by atoms with Crippen molar-refractivity contribution in [2.24, 2.45) is 0 Å². The van der Waals surface area contributed by atoms with Gasteiger partial charge in [0.1, 0.15) is 0 Å². The van der Waals surface area contributed by atoms with Gasteiger partial charge in [-0.1, -0.05) is 91.0 Å². The minimum atomic E-state index is -1.51. The zero-order valence-electron chi connectivity index (χ0n) is 18.6. The van der Waals surface area contributed by atoms with Crippen LogP contribution in [0.25, 0.3) is 22.3 Å². The predicted molar refractivity (Wildman–Crippen MR) is 142 cm³/mol. The largest absolute Gasteiger partial charge is 0.488 e. The molecule has 0 saturated carbocycles. The van der Waals surface area contributed by atoms with Crippen molar-refractivity contribution in [3.05, 3.63) is 133 Å². The highest BCUT2D eigenvalue weighted by molar-refractivity contribution is 6.58. The summed E-state index contributed by atoms with van der Waals surface area (Å²) >= 11 is 0. The molecule has 5 rings (SSSR count). The van der Waals surface area contributed by atoms with E-state index >= 15 is 0 Å². The Kier molecular flexibility index (Phi) is 6.26. The van der Waals surface area contributed by atoms with Gasteiger partial charge in [-0.05, 0) is 70.2 Å². The van der Waals surface area contributed by atoms with Crippen LogP contribution in [0.5, 0.6) is 0 Å². The number of rotatable bonds is 6. The van der Waals surface area contributed by atoms with Gasteiger partial charge in [0.05, 0.1) is 0 Å². The summed E-state index contributed by atoms with van der Waals surface area (Å²) in [6.07, 6.45) is 0. The van der Waals surface area contributed by atoms with Crippen molar-refractivity contribution in [1.82, 2.24) is 0 Å². The van der Waals surface area contributed by atoms with Gasteiger partial charge in [0.15, 0.2) is 0 Å². The lowest BCUT2D eigenvalue weighted by molar-refractivity contribution is 0.426. The van der Waals surface area contributed by atoms with Gasteiger partial charge in [-0.25, -0.2) is 0 Å². The van der Waals surface area contributed by atoms with Gasteiger partial charge in [0, 0.05) is 17.1 Å². The monoisotopic (exact) mass is 441 g/mol. The third kappa shape index (κ3) is 4.64. The number of hydrogen-bond acceptors (Lipinski definition) is 3. The second kappa shape index (κ2) is 9.80. The van der Waals surface area contributed by atoms with Crippen molar-refractivity contribution in [2.45, 2.75) is 0 Å². The molecule has 0 heterocycles. The summed E-state index contributed by atoms with van der Waals surface area (Å²) in [5, 5.41) is 19.4. The van der Waals surface area contributed by atoms with Crippen molar-refractivity contribution >= 4 is 29.6 Å². The maximum atomic E-state index is 9.72. The first-order valence-corrected chi connectivity index (χ1v) is 11.3. The molecule has 34 heavy (non-hydrogen) atoms. The van der Waals surface area contributed by atoms with Crippen LogP contribution in [0.3, 0.4) is 0 Å². The molecule has 0 fully saturated rings. The third-order valence-electron chi connectivity index (χ3n) is 5.83. The van der Waals surface area contributed by atoms with E-state index in [-0.39, 0.29) is 0 Å². The van der Waals surface area contributed by atoms with Crippen molar-refractivity contribution in [3.63, 3.8) is 0 Å². The molecule has 0 bridgehead atoms. The lowest BCUT2D eigenvalue weighted by Crippen LogP contribution is -2.29. The molecule has 0 aliphatic carbocycles. The quantitative estimate of drug-likeness (QED) is 0.310. The van der Waals surface area contributed by atoms with E-state index in [2.05, 4.69) is 59.5 Å². The molecule has 164 valence electrons. The first kappa shape index (κ1) is 21.7. The standard InChI is InChI=1S/C30H24BNO2/c33-31(34)27-14-10-13-24(20-27)26-19-25(23-11-4-1-5-12-23)21-30(22-26)32(28-15-6-2-7-16-28)29-17-8-3-9-18-29/h1-22,33-34H. The minimum Gasteiger partial charge on any atom is -0.423 e. The molecule has 0 aliphatic heterocycles. The zero-order chi connectivity index (χ0) is 23.3. The second-order valence-electron chi connectivity index (χ2n) is 8.14. The Morgan fingerprint density at radius 3 is 1.47 bits per heavy atom. The van der Waals surface area contributed by atoms with Crippen LogP contribution in [0, 0.1) is 0 Å². The predicted octanol–water partition coefficient (Wildman–Crippen LogP) is 6.17. The van der Waals surface area contributed by atoms with Gasteiger partial charge in [-0.3, -0.25) is 0 Å². The van der Waals surface area contributed by atoms with Crippen LogP contribution in [0.1, 0.15) is 0 Å². The SMILES string of the molecule is OB(O)c1cccc(-c2cc(-c3ccccc3)cc(N(c3ccccc3)c3ccccc3)c2)c1. The molecule has 0 saturated heterocycles. The molecule has 0 aliphatic rings. The topological polar surface area (TPSA) is 43.7 Å². The molecule has 5 aromatic rings. The van der Waals surface area contributed by atoms with E-state index in [1.807, 2.05) is 72.8 Å². The Hall–Kier alpha value is -4.12. The molecular formula is C30H24BNO2. The maximum Gasteiger partial charge on any atom is 0.488 e. The second-order valence-corrected chi connectivity index (χ2v) is 8.14. The first-order valence-electron chi connectivity index (χ1n) is 11.3. The number of hydrogen-bond donors (Lipinski definition) is 2. The van der Waals surface area contributed by atoms with Crippen LogP contribution >= 0.6 is 0 Å². The highest BCUT2D eigenvalue weighted by atomic mass is 16.4. The summed E-state index contributed by atoms with van der Waals surface area (Å²) in [5.41, 5.74) is 7.72. The summed E-state index contributed by atoms with van der Waals surface area (Å²) in [7, 11) is -1.51. The Labute approximate surface area is 200 Å². The Bertz CT molecular complexity index is 1330. The smallest absolute Gasteiger partial charge is 0.423 e. The Morgan fingerprint density at radius 1 is 0.412 bits per heavy atom. The number of anilines is 3. The molecule has 0 unspecified atom stereocenters. The van der Waals surface area contributed by atoms with Gasteiger partial charge in [0.2, 0.25) is 0 Å². The minimum absolute atomic E-state index is 0.465. The van der Waals surface area contributed by atoms with Crippen LogP contribution in [-0.2, 0) is 0 Å². The molecule has 0 atom stereocenters. The van der Waals surface area contributed by atoms with Crippen molar-refractivity contribution in [2.75, 3.05) is 4.90 Å². The molecule has 5 aromatic carbocycles. The van der Waals surface area contributed by atoms with E-state index in [1.165, 1.54) is 0 Å². The summed E-state index contributed by atoms with van der Waals surface area (Å²) in [5.74, 6) is 0. The van der Waals surface area contributed by atoms with E-state index < -0.39 is 7.12 Å². The highest BCUT2D eigenvalue weighted by Crippen LogP contribution is 2.39. The Balaban J connectivity index is 1.74. The van der Waals surface area contributed by atoms with Gasteiger partial charge < -0.3 is 14.9 Å². The van der Waals surface area contributed by atoms with Crippen molar-refractivity contribution in [3.8, 4) is 22.3 Å². The summed E-state index contributed by atoms with van der Waals surface area (Å²) in [6, 6.07) is 44.8. The van der Waals surface area contributed by atoms with Crippen molar-refractivity contribution in [1.29, 1.82) is 0 Å². The normalized spacial score (nSPS) is 10.6. The number of benzene rings is 5. The van der Waals surface area contributed by atoms with Crippen LogP contribution in [0.4, 0.5) is 17.1 Å². The molecular weight excluding hydrogens is 417 g/mol. The summed E-state index contributed by atoms with van der Waals surface area (Å²) in [6.45, 7) is 0. The molecule has 0 radical (unpaired) electrons. The van der Waals surface area contributed by atoms with E-state index in [4.69, 9.17) is 0 Å². The number of nitrogens with zero attached hydrogens (tertiary/aromatic N) is 1. The molecule has 3 nitrogen and oxygen atoms in total. The molecule has 0 spiro atoms. The lowest BCUT2D eigenvalue weighted by atomic mass is 9.79. The lowest BCUT2D eigenvalue weighted by Gasteiger charge is -2.26. The average Bonchev–Trinajstić information content (AvgIpc) is 2.90. The van der Waals surface area contributed by atoms with Crippen LogP contribution in [0.2, 0.25) is 0 Å². The fraction of sp³-hybridized carbons (Fsp3) is 0. The van der Waals surface area contributed by atoms with E-state index in [9.17, 15) is 10.0 Å². The summed E-state index contributed by atoms with van der Waals surface area (Å²) in [4.78, 5) is 2.24. The van der Waals surface area contributed by atoms with E-state index in [1.54, 1.807) is 6.07 Å². The van der Waals surface area contributed by atoms with Gasteiger partial charge in [0.25, 0.3) is 0 Å².